The Balaban J connectivity index is 1.71. The Kier molecular flexibility index (Phi) is 5.72. The Bertz CT molecular complexity index is 706. The van der Waals surface area contributed by atoms with Crippen molar-refractivity contribution < 1.29 is 14.3 Å². The van der Waals surface area contributed by atoms with Crippen molar-refractivity contribution in [3.63, 3.8) is 0 Å². The number of nitrogens with one attached hydrogen (secondary N) is 2. The van der Waals surface area contributed by atoms with Crippen LogP contribution in [-0.2, 0) is 11.3 Å². The molecular weight excluding hydrogens is 294 g/mol. The number of urea groups is 1. The zero-order chi connectivity index (χ0) is 16.5. The summed E-state index contributed by atoms with van der Waals surface area (Å²) in [7, 11) is 0. The van der Waals surface area contributed by atoms with Crippen LogP contribution in [0.1, 0.15) is 11.1 Å². The molecule has 0 saturated heterocycles. The van der Waals surface area contributed by atoms with Crippen molar-refractivity contribution >= 4 is 11.9 Å². The van der Waals surface area contributed by atoms with Crippen LogP contribution in [0.15, 0.2) is 54.6 Å². The third-order valence-corrected chi connectivity index (χ3v) is 2.90. The fourth-order valence-electron chi connectivity index (χ4n) is 1.76. The summed E-state index contributed by atoms with van der Waals surface area (Å²) in [6, 6.07) is 17.1. The van der Waals surface area contributed by atoms with Crippen molar-refractivity contribution in [3.8, 4) is 11.8 Å². The molecule has 2 N–H and O–H groups in total. The maximum atomic E-state index is 11.6. The zero-order valence-electron chi connectivity index (χ0n) is 12.3. The number of amides is 3. The van der Waals surface area contributed by atoms with E-state index in [1.54, 1.807) is 24.3 Å². The minimum Gasteiger partial charge on any atom is -0.484 e. The first-order valence-electron chi connectivity index (χ1n) is 6.92. The third kappa shape index (κ3) is 5.52. The summed E-state index contributed by atoms with van der Waals surface area (Å²) < 4.78 is 5.23. The first-order chi connectivity index (χ1) is 11.2. The van der Waals surface area contributed by atoms with Gasteiger partial charge in [0.15, 0.2) is 6.61 Å². The lowest BCUT2D eigenvalue weighted by molar-refractivity contribution is -0.122. The van der Waals surface area contributed by atoms with Crippen molar-refractivity contribution in [2.45, 2.75) is 6.54 Å². The van der Waals surface area contributed by atoms with E-state index in [0.29, 0.717) is 17.9 Å². The summed E-state index contributed by atoms with van der Waals surface area (Å²) in [6.07, 6.45) is 0. The number of ether oxygens (including phenoxy) is 1. The van der Waals surface area contributed by atoms with Gasteiger partial charge in [0.05, 0.1) is 11.6 Å². The lowest BCUT2D eigenvalue weighted by Crippen LogP contribution is -2.41. The van der Waals surface area contributed by atoms with Gasteiger partial charge in [-0.05, 0) is 29.8 Å². The second-order valence-electron chi connectivity index (χ2n) is 4.64. The van der Waals surface area contributed by atoms with Gasteiger partial charge in [-0.25, -0.2) is 4.79 Å². The normalized spacial score (nSPS) is 9.52. The topological polar surface area (TPSA) is 91.2 Å². The molecule has 0 spiro atoms. The Morgan fingerprint density at radius 3 is 2.39 bits per heavy atom. The summed E-state index contributed by atoms with van der Waals surface area (Å²) >= 11 is 0. The number of hydrogen-bond donors (Lipinski definition) is 2. The fourth-order valence-corrected chi connectivity index (χ4v) is 1.76. The molecule has 2 aromatic carbocycles. The molecule has 6 nitrogen and oxygen atoms in total. The summed E-state index contributed by atoms with van der Waals surface area (Å²) in [4.78, 5) is 23.2. The van der Waals surface area contributed by atoms with E-state index < -0.39 is 11.9 Å². The van der Waals surface area contributed by atoms with Crippen molar-refractivity contribution in [3.05, 3.63) is 65.7 Å². The quantitative estimate of drug-likeness (QED) is 0.883. The van der Waals surface area contributed by atoms with E-state index in [-0.39, 0.29) is 6.61 Å². The van der Waals surface area contributed by atoms with Crippen molar-refractivity contribution in [1.82, 2.24) is 10.6 Å². The van der Waals surface area contributed by atoms with Crippen LogP contribution < -0.4 is 15.4 Å². The van der Waals surface area contributed by atoms with Crippen LogP contribution in [0.5, 0.6) is 5.75 Å². The van der Waals surface area contributed by atoms with E-state index in [1.807, 2.05) is 36.4 Å². The SMILES string of the molecule is N#Cc1ccc(OCC(=O)NC(=O)NCc2ccccc2)cc1. The van der Waals surface area contributed by atoms with Gasteiger partial charge in [0.2, 0.25) is 0 Å². The van der Waals surface area contributed by atoms with E-state index in [4.69, 9.17) is 10.00 Å². The maximum Gasteiger partial charge on any atom is 0.321 e. The molecule has 0 bridgehead atoms. The lowest BCUT2D eigenvalue weighted by Gasteiger charge is -2.08. The molecule has 2 rings (SSSR count). The second kappa shape index (κ2) is 8.20. The largest absolute Gasteiger partial charge is 0.484 e. The van der Waals surface area contributed by atoms with Gasteiger partial charge in [0.1, 0.15) is 5.75 Å². The van der Waals surface area contributed by atoms with Gasteiger partial charge in [-0.3, -0.25) is 10.1 Å². The summed E-state index contributed by atoms with van der Waals surface area (Å²) in [6.45, 7) is 0.0427. The number of carbonyl (C=O) groups is 2. The van der Waals surface area contributed by atoms with Crippen LogP contribution in [0, 0.1) is 11.3 Å². The average molecular weight is 309 g/mol. The Morgan fingerprint density at radius 2 is 1.74 bits per heavy atom. The minimum absolute atomic E-state index is 0.287. The molecule has 0 atom stereocenters. The molecule has 0 saturated carbocycles. The molecule has 0 radical (unpaired) electrons. The molecule has 0 unspecified atom stereocenters. The van der Waals surface area contributed by atoms with Crippen LogP contribution in [0.4, 0.5) is 4.79 Å². The van der Waals surface area contributed by atoms with E-state index in [0.717, 1.165) is 5.56 Å². The number of nitrogens with zero attached hydrogens (tertiary/aromatic N) is 1. The zero-order valence-corrected chi connectivity index (χ0v) is 12.3. The second-order valence-corrected chi connectivity index (χ2v) is 4.64. The van der Waals surface area contributed by atoms with E-state index in [2.05, 4.69) is 10.6 Å². The number of nitriles is 1. The van der Waals surface area contributed by atoms with E-state index in [1.165, 1.54) is 0 Å². The smallest absolute Gasteiger partial charge is 0.321 e. The fraction of sp³-hybridized carbons (Fsp3) is 0.118. The number of carbonyl (C=O) groups excluding carboxylic acids is 2. The monoisotopic (exact) mass is 309 g/mol. The molecule has 6 heteroatoms. The molecule has 0 aliphatic heterocycles. The Morgan fingerprint density at radius 1 is 1.04 bits per heavy atom. The third-order valence-electron chi connectivity index (χ3n) is 2.90. The number of imide groups is 1. The molecule has 2 aromatic rings. The van der Waals surface area contributed by atoms with Crippen molar-refractivity contribution in [2.24, 2.45) is 0 Å². The molecule has 0 aromatic heterocycles. The number of benzene rings is 2. The lowest BCUT2D eigenvalue weighted by atomic mass is 10.2. The molecule has 0 aliphatic carbocycles. The first kappa shape index (κ1) is 16.0. The summed E-state index contributed by atoms with van der Waals surface area (Å²) in [5.74, 6) is -0.108. The highest BCUT2D eigenvalue weighted by Gasteiger charge is 2.08. The predicted molar refractivity (Wildman–Crippen MR) is 83.5 cm³/mol. The van der Waals surface area contributed by atoms with Crippen LogP contribution in [0.25, 0.3) is 0 Å². The summed E-state index contributed by atoms with van der Waals surface area (Å²) in [5.41, 5.74) is 1.44. The van der Waals surface area contributed by atoms with Gasteiger partial charge < -0.3 is 10.1 Å². The molecule has 116 valence electrons. The van der Waals surface area contributed by atoms with E-state index >= 15 is 0 Å². The van der Waals surface area contributed by atoms with Crippen LogP contribution in [0.3, 0.4) is 0 Å². The van der Waals surface area contributed by atoms with Gasteiger partial charge in [0.25, 0.3) is 5.91 Å². The van der Waals surface area contributed by atoms with Gasteiger partial charge in [0, 0.05) is 6.54 Å². The van der Waals surface area contributed by atoms with Crippen LogP contribution >= 0.6 is 0 Å². The van der Waals surface area contributed by atoms with Crippen LogP contribution in [0.2, 0.25) is 0 Å². The molecule has 0 heterocycles. The van der Waals surface area contributed by atoms with Crippen molar-refractivity contribution in [2.75, 3.05) is 6.61 Å². The maximum absolute atomic E-state index is 11.6. The Hall–Kier alpha value is -3.33. The molecule has 3 amide bonds. The Labute approximate surface area is 133 Å². The molecular formula is C17H15N3O3. The first-order valence-corrected chi connectivity index (χ1v) is 6.92. The van der Waals surface area contributed by atoms with E-state index in [9.17, 15) is 9.59 Å². The molecule has 0 aliphatic rings. The predicted octanol–water partition coefficient (Wildman–Crippen LogP) is 1.96. The number of rotatable bonds is 5. The van der Waals surface area contributed by atoms with Crippen molar-refractivity contribution in [1.29, 1.82) is 5.26 Å². The molecule has 23 heavy (non-hydrogen) atoms. The minimum atomic E-state index is -0.581. The highest BCUT2D eigenvalue weighted by Crippen LogP contribution is 2.11. The highest BCUT2D eigenvalue weighted by atomic mass is 16.5. The van der Waals surface area contributed by atoms with Gasteiger partial charge in [-0.2, -0.15) is 5.26 Å². The molecule has 0 fully saturated rings. The standard InChI is InChI=1S/C17H15N3O3/c18-10-13-6-8-15(9-7-13)23-12-16(21)20-17(22)19-11-14-4-2-1-3-5-14/h1-9H,11-12H2,(H2,19,20,21,22). The van der Waals surface area contributed by atoms with Gasteiger partial charge in [-0.1, -0.05) is 30.3 Å². The number of hydrogen-bond acceptors (Lipinski definition) is 4. The van der Waals surface area contributed by atoms with Crippen LogP contribution in [-0.4, -0.2) is 18.5 Å². The summed E-state index contributed by atoms with van der Waals surface area (Å²) in [5, 5.41) is 13.4. The van der Waals surface area contributed by atoms with Gasteiger partial charge >= 0.3 is 6.03 Å². The van der Waals surface area contributed by atoms with Gasteiger partial charge in [-0.15, -0.1) is 0 Å². The highest BCUT2D eigenvalue weighted by molar-refractivity contribution is 5.94. The average Bonchev–Trinajstić information content (AvgIpc) is 2.59.